The van der Waals surface area contributed by atoms with E-state index >= 15 is 0 Å². The fraction of sp³-hybridized carbons (Fsp3) is 0.909. The Hall–Kier alpha value is -0.330. The van der Waals surface area contributed by atoms with Gasteiger partial charge in [-0.05, 0) is 37.0 Å². The number of fused-ring (bicyclic) bond motifs is 1. The highest BCUT2D eigenvalue weighted by Crippen LogP contribution is 2.65. The number of carbonyl (C=O) groups excluding carboxylic acids is 1. The lowest BCUT2D eigenvalue weighted by molar-refractivity contribution is -0.130. The van der Waals surface area contributed by atoms with Gasteiger partial charge in [-0.1, -0.05) is 19.3 Å². The van der Waals surface area contributed by atoms with Crippen LogP contribution < -0.4 is 0 Å². The van der Waals surface area contributed by atoms with E-state index in [0.29, 0.717) is 0 Å². The zero-order chi connectivity index (χ0) is 8.18. The molecule has 0 aromatic heterocycles. The second-order valence-corrected chi connectivity index (χ2v) is 5.16. The molecule has 0 radical (unpaired) electrons. The Bertz CT molecular complexity index is 221. The fourth-order valence-corrected chi connectivity index (χ4v) is 4.11. The SMILES string of the molecule is O=CC12CC3CCCC(C1)C2C3. The number of carbonyl (C=O) groups is 1. The largest absolute Gasteiger partial charge is 0.303 e. The van der Waals surface area contributed by atoms with Crippen LogP contribution >= 0.6 is 0 Å². The zero-order valence-corrected chi connectivity index (χ0v) is 7.46. The summed E-state index contributed by atoms with van der Waals surface area (Å²) in [6.45, 7) is 0. The van der Waals surface area contributed by atoms with Crippen molar-refractivity contribution in [3.05, 3.63) is 0 Å². The van der Waals surface area contributed by atoms with Crippen molar-refractivity contribution < 1.29 is 4.79 Å². The van der Waals surface area contributed by atoms with Gasteiger partial charge in [0.05, 0.1) is 0 Å². The van der Waals surface area contributed by atoms with E-state index in [-0.39, 0.29) is 5.41 Å². The van der Waals surface area contributed by atoms with E-state index in [1.807, 2.05) is 0 Å². The molecule has 0 N–H and O–H groups in total. The van der Waals surface area contributed by atoms with Crippen molar-refractivity contribution in [1.82, 2.24) is 0 Å². The Kier molecular flexibility index (Phi) is 1.26. The average molecular weight is 164 g/mol. The Morgan fingerprint density at radius 2 is 2.17 bits per heavy atom. The molecular formula is C11H16O. The van der Waals surface area contributed by atoms with Gasteiger partial charge in [-0.3, -0.25) is 0 Å². The van der Waals surface area contributed by atoms with E-state index in [1.165, 1.54) is 44.8 Å². The van der Waals surface area contributed by atoms with Crippen LogP contribution in [0.1, 0.15) is 38.5 Å². The van der Waals surface area contributed by atoms with Crippen LogP contribution in [0, 0.1) is 23.2 Å². The fourth-order valence-electron chi connectivity index (χ4n) is 4.11. The first kappa shape index (κ1) is 7.11. The van der Waals surface area contributed by atoms with Crippen LogP contribution in [0.2, 0.25) is 0 Å². The summed E-state index contributed by atoms with van der Waals surface area (Å²) in [5.74, 6) is 2.65. The summed E-state index contributed by atoms with van der Waals surface area (Å²) in [5.41, 5.74) is 0.190. The molecule has 3 aliphatic carbocycles. The predicted molar refractivity (Wildman–Crippen MR) is 46.7 cm³/mol. The quantitative estimate of drug-likeness (QED) is 0.544. The molecule has 66 valence electrons. The molecule has 0 aromatic carbocycles. The third-order valence-electron chi connectivity index (χ3n) is 4.63. The molecule has 0 heterocycles. The lowest BCUT2D eigenvalue weighted by Gasteiger charge is -2.48. The molecule has 0 aliphatic heterocycles. The van der Waals surface area contributed by atoms with E-state index in [9.17, 15) is 4.79 Å². The Morgan fingerprint density at radius 3 is 3.00 bits per heavy atom. The smallest absolute Gasteiger partial charge is 0.126 e. The van der Waals surface area contributed by atoms with Crippen molar-refractivity contribution in [3.63, 3.8) is 0 Å². The zero-order valence-electron chi connectivity index (χ0n) is 7.46. The molecule has 3 aliphatic rings. The van der Waals surface area contributed by atoms with Gasteiger partial charge < -0.3 is 4.79 Å². The molecule has 1 heteroatoms. The van der Waals surface area contributed by atoms with Crippen molar-refractivity contribution in [1.29, 1.82) is 0 Å². The standard InChI is InChI=1S/C11H16O/c12-7-11-5-8-2-1-3-9(6-11)10(11)4-8/h7-10H,1-6H2. The van der Waals surface area contributed by atoms with Crippen LogP contribution in [0.3, 0.4) is 0 Å². The minimum absolute atomic E-state index is 0.190. The second kappa shape index (κ2) is 2.12. The highest BCUT2D eigenvalue weighted by atomic mass is 16.1. The van der Waals surface area contributed by atoms with Gasteiger partial charge in [-0.2, -0.15) is 0 Å². The minimum Gasteiger partial charge on any atom is -0.303 e. The summed E-state index contributed by atoms with van der Waals surface area (Å²) in [6.07, 6.45) is 9.39. The molecule has 12 heavy (non-hydrogen) atoms. The monoisotopic (exact) mass is 164 g/mol. The maximum absolute atomic E-state index is 11.0. The molecule has 0 spiro atoms. The molecule has 0 amide bonds. The number of hydrogen-bond acceptors (Lipinski definition) is 1. The lowest BCUT2D eigenvalue weighted by atomic mass is 9.54. The van der Waals surface area contributed by atoms with E-state index in [0.717, 1.165) is 17.8 Å². The average Bonchev–Trinajstić information content (AvgIpc) is 2.17. The van der Waals surface area contributed by atoms with Crippen LogP contribution in [0.15, 0.2) is 0 Å². The minimum atomic E-state index is 0.190. The molecule has 3 saturated carbocycles. The van der Waals surface area contributed by atoms with E-state index < -0.39 is 0 Å². The topological polar surface area (TPSA) is 17.1 Å². The molecule has 1 nitrogen and oxygen atoms in total. The van der Waals surface area contributed by atoms with Crippen molar-refractivity contribution in [2.45, 2.75) is 38.5 Å². The van der Waals surface area contributed by atoms with E-state index in [1.54, 1.807) is 0 Å². The summed E-state index contributed by atoms with van der Waals surface area (Å²) < 4.78 is 0. The van der Waals surface area contributed by atoms with Crippen molar-refractivity contribution >= 4 is 6.29 Å². The molecular weight excluding hydrogens is 148 g/mol. The number of rotatable bonds is 1. The van der Waals surface area contributed by atoms with Gasteiger partial charge in [0.2, 0.25) is 0 Å². The van der Waals surface area contributed by atoms with Crippen molar-refractivity contribution in [2.24, 2.45) is 23.2 Å². The molecule has 2 bridgehead atoms. The number of hydrogen-bond donors (Lipinski definition) is 0. The molecule has 4 atom stereocenters. The Labute approximate surface area is 73.5 Å². The van der Waals surface area contributed by atoms with Crippen molar-refractivity contribution in [2.75, 3.05) is 0 Å². The van der Waals surface area contributed by atoms with Gasteiger partial charge in [0.1, 0.15) is 6.29 Å². The van der Waals surface area contributed by atoms with Gasteiger partial charge >= 0.3 is 0 Å². The van der Waals surface area contributed by atoms with E-state index in [2.05, 4.69) is 0 Å². The second-order valence-electron chi connectivity index (χ2n) is 5.16. The summed E-state index contributed by atoms with van der Waals surface area (Å²) in [6, 6.07) is 0. The first-order valence-corrected chi connectivity index (χ1v) is 5.30. The molecule has 3 rings (SSSR count). The summed E-state index contributed by atoms with van der Waals surface area (Å²) in [7, 11) is 0. The third kappa shape index (κ3) is 0.681. The van der Waals surface area contributed by atoms with Gasteiger partial charge in [0.15, 0.2) is 0 Å². The lowest BCUT2D eigenvalue weighted by Crippen LogP contribution is -2.45. The maximum atomic E-state index is 11.0. The molecule has 0 aromatic rings. The van der Waals surface area contributed by atoms with Crippen LogP contribution in [0.25, 0.3) is 0 Å². The molecule has 3 fully saturated rings. The van der Waals surface area contributed by atoms with Gasteiger partial charge in [-0.25, -0.2) is 0 Å². The molecule has 0 saturated heterocycles. The van der Waals surface area contributed by atoms with E-state index in [4.69, 9.17) is 0 Å². The summed E-state index contributed by atoms with van der Waals surface area (Å²) in [5, 5.41) is 0. The highest BCUT2D eigenvalue weighted by Gasteiger charge is 2.59. The first-order chi connectivity index (χ1) is 5.84. The summed E-state index contributed by atoms with van der Waals surface area (Å²) >= 11 is 0. The maximum Gasteiger partial charge on any atom is 0.126 e. The Balaban J connectivity index is 1.92. The van der Waals surface area contributed by atoms with Gasteiger partial charge in [0.25, 0.3) is 0 Å². The van der Waals surface area contributed by atoms with Crippen LogP contribution in [-0.4, -0.2) is 6.29 Å². The van der Waals surface area contributed by atoms with Crippen LogP contribution in [0.5, 0.6) is 0 Å². The van der Waals surface area contributed by atoms with Gasteiger partial charge in [0, 0.05) is 5.41 Å². The van der Waals surface area contributed by atoms with Crippen LogP contribution in [0.4, 0.5) is 0 Å². The normalized spacial score (nSPS) is 55.8. The first-order valence-electron chi connectivity index (χ1n) is 5.30. The molecule has 4 unspecified atom stereocenters. The van der Waals surface area contributed by atoms with Crippen molar-refractivity contribution in [3.8, 4) is 0 Å². The van der Waals surface area contributed by atoms with Crippen LogP contribution in [-0.2, 0) is 4.79 Å². The summed E-state index contributed by atoms with van der Waals surface area (Å²) in [4.78, 5) is 11.0. The highest BCUT2D eigenvalue weighted by molar-refractivity contribution is 5.63. The third-order valence-corrected chi connectivity index (χ3v) is 4.63. The van der Waals surface area contributed by atoms with Gasteiger partial charge in [-0.15, -0.1) is 0 Å². The predicted octanol–water partition coefficient (Wildman–Crippen LogP) is 2.40. The number of aldehydes is 1. The Morgan fingerprint density at radius 1 is 1.25 bits per heavy atom.